The number of nitrogens with zero attached hydrogens (tertiary/aromatic N) is 2. The van der Waals surface area contributed by atoms with Gasteiger partial charge in [-0.3, -0.25) is 0 Å². The predicted octanol–water partition coefficient (Wildman–Crippen LogP) is 4.01. The number of aromatic nitrogens is 1. The van der Waals surface area contributed by atoms with Gasteiger partial charge in [0.25, 0.3) is 0 Å². The second-order valence-corrected chi connectivity index (χ2v) is 9.19. The first-order valence-electron chi connectivity index (χ1n) is 9.92. The Labute approximate surface area is 179 Å². The third kappa shape index (κ3) is 4.83. The van der Waals surface area contributed by atoms with Gasteiger partial charge in [-0.15, -0.1) is 0 Å². The van der Waals surface area contributed by atoms with Gasteiger partial charge in [-0.1, -0.05) is 11.6 Å². The van der Waals surface area contributed by atoms with Crippen molar-refractivity contribution in [3.63, 3.8) is 0 Å². The lowest BCUT2D eigenvalue weighted by atomic mass is 10.1. The van der Waals surface area contributed by atoms with Gasteiger partial charge in [-0.25, -0.2) is 17.6 Å². The fourth-order valence-electron chi connectivity index (χ4n) is 3.37. The maximum absolute atomic E-state index is 13.0. The van der Waals surface area contributed by atoms with Crippen molar-refractivity contribution >= 4 is 16.0 Å². The monoisotopic (exact) mass is 444 g/mol. The van der Waals surface area contributed by atoms with Crippen LogP contribution in [0.15, 0.2) is 64.0 Å². The Hall–Kier alpha value is -3.04. The second kappa shape index (κ2) is 8.99. The molecule has 0 atom stereocenters. The van der Waals surface area contributed by atoms with Gasteiger partial charge in [-0.05, 0) is 61.4 Å². The van der Waals surface area contributed by atoms with E-state index in [0.29, 0.717) is 30.1 Å². The van der Waals surface area contributed by atoms with Crippen molar-refractivity contribution < 1.29 is 26.9 Å². The molecule has 162 valence electrons. The molecule has 31 heavy (non-hydrogen) atoms. The van der Waals surface area contributed by atoms with E-state index in [-0.39, 0.29) is 22.9 Å². The summed E-state index contributed by atoms with van der Waals surface area (Å²) in [5.41, 5.74) is 1.29. The first-order chi connectivity index (χ1) is 14.9. The summed E-state index contributed by atoms with van der Waals surface area (Å²) in [6, 6.07) is 13.1. The van der Waals surface area contributed by atoms with Crippen LogP contribution in [0.2, 0.25) is 0 Å². The SMILES string of the molecule is O=C(OCc1cc(-c2ccc(F)cc2)on1)c1ccc(S(=O)(=O)N2CCCCC2)cc1. The number of carbonyl (C=O) groups is 1. The van der Waals surface area contributed by atoms with Crippen LogP contribution in [0.5, 0.6) is 0 Å². The Balaban J connectivity index is 1.37. The van der Waals surface area contributed by atoms with E-state index in [2.05, 4.69) is 5.16 Å². The van der Waals surface area contributed by atoms with Crippen LogP contribution in [0.25, 0.3) is 11.3 Å². The van der Waals surface area contributed by atoms with Crippen molar-refractivity contribution in [2.45, 2.75) is 30.8 Å². The van der Waals surface area contributed by atoms with Crippen LogP contribution < -0.4 is 0 Å². The highest BCUT2D eigenvalue weighted by Crippen LogP contribution is 2.22. The average molecular weight is 444 g/mol. The summed E-state index contributed by atoms with van der Waals surface area (Å²) < 4.78 is 50.3. The van der Waals surface area contributed by atoms with Crippen molar-refractivity contribution in [1.29, 1.82) is 0 Å². The largest absolute Gasteiger partial charge is 0.455 e. The maximum Gasteiger partial charge on any atom is 0.338 e. The molecule has 0 radical (unpaired) electrons. The van der Waals surface area contributed by atoms with E-state index in [1.807, 2.05) is 0 Å². The average Bonchev–Trinajstić information content (AvgIpc) is 3.28. The van der Waals surface area contributed by atoms with Crippen molar-refractivity contribution in [1.82, 2.24) is 9.46 Å². The summed E-state index contributed by atoms with van der Waals surface area (Å²) in [5, 5.41) is 3.85. The standard InChI is InChI=1S/C22H21FN2O5S/c23-18-8-4-16(5-9-18)21-14-19(24-30-21)15-29-22(26)17-6-10-20(11-7-17)31(27,28)25-12-2-1-3-13-25/h4-11,14H,1-3,12-13,15H2. The Morgan fingerprint density at radius 2 is 1.71 bits per heavy atom. The molecule has 2 aromatic carbocycles. The van der Waals surface area contributed by atoms with Crippen molar-refractivity contribution in [2.24, 2.45) is 0 Å². The van der Waals surface area contributed by atoms with Crippen LogP contribution in [-0.4, -0.2) is 36.9 Å². The topological polar surface area (TPSA) is 89.7 Å². The smallest absolute Gasteiger partial charge is 0.338 e. The van der Waals surface area contributed by atoms with Gasteiger partial charge in [0.1, 0.15) is 18.1 Å². The van der Waals surface area contributed by atoms with Gasteiger partial charge in [-0.2, -0.15) is 4.31 Å². The molecule has 7 nitrogen and oxygen atoms in total. The number of sulfonamides is 1. The zero-order chi connectivity index (χ0) is 21.8. The van der Waals surface area contributed by atoms with E-state index < -0.39 is 16.0 Å². The molecule has 1 saturated heterocycles. The van der Waals surface area contributed by atoms with Gasteiger partial charge in [0.15, 0.2) is 5.76 Å². The number of ether oxygens (including phenoxy) is 1. The van der Waals surface area contributed by atoms with Gasteiger partial charge in [0, 0.05) is 24.7 Å². The molecule has 3 aromatic rings. The fraction of sp³-hybridized carbons (Fsp3) is 0.273. The summed E-state index contributed by atoms with van der Waals surface area (Å²) in [6.07, 6.45) is 2.75. The lowest BCUT2D eigenvalue weighted by Crippen LogP contribution is -2.35. The molecule has 2 heterocycles. The molecule has 0 bridgehead atoms. The minimum atomic E-state index is -3.55. The first kappa shape index (κ1) is 21.2. The number of carbonyl (C=O) groups excluding carboxylic acids is 1. The zero-order valence-electron chi connectivity index (χ0n) is 16.7. The molecule has 1 fully saturated rings. The van der Waals surface area contributed by atoms with Crippen LogP contribution in [-0.2, 0) is 21.4 Å². The fourth-order valence-corrected chi connectivity index (χ4v) is 4.89. The molecule has 0 N–H and O–H groups in total. The molecule has 0 amide bonds. The number of rotatable bonds is 6. The van der Waals surface area contributed by atoms with Crippen LogP contribution in [0, 0.1) is 5.82 Å². The molecule has 1 aliphatic heterocycles. The third-order valence-corrected chi connectivity index (χ3v) is 6.99. The minimum Gasteiger partial charge on any atom is -0.455 e. The van der Waals surface area contributed by atoms with Crippen molar-refractivity contribution in [2.75, 3.05) is 13.1 Å². The van der Waals surface area contributed by atoms with Crippen LogP contribution >= 0.6 is 0 Å². The molecular weight excluding hydrogens is 423 g/mol. The van der Waals surface area contributed by atoms with E-state index in [1.165, 1.54) is 40.7 Å². The lowest BCUT2D eigenvalue weighted by Gasteiger charge is -2.25. The molecule has 4 rings (SSSR count). The molecule has 1 aliphatic rings. The molecule has 0 unspecified atom stereocenters. The lowest BCUT2D eigenvalue weighted by molar-refractivity contribution is 0.0464. The van der Waals surface area contributed by atoms with Crippen LogP contribution in [0.3, 0.4) is 0 Å². The maximum atomic E-state index is 13.0. The molecule has 0 saturated carbocycles. The number of esters is 1. The van der Waals surface area contributed by atoms with E-state index in [1.54, 1.807) is 18.2 Å². The number of benzene rings is 2. The molecule has 0 aliphatic carbocycles. The quantitative estimate of drug-likeness (QED) is 0.534. The molecule has 1 aromatic heterocycles. The minimum absolute atomic E-state index is 0.114. The zero-order valence-corrected chi connectivity index (χ0v) is 17.5. The molecular formula is C22H21FN2O5S. The second-order valence-electron chi connectivity index (χ2n) is 7.25. The van der Waals surface area contributed by atoms with Crippen LogP contribution in [0.1, 0.15) is 35.3 Å². The van der Waals surface area contributed by atoms with Gasteiger partial charge in [0.05, 0.1) is 10.5 Å². The van der Waals surface area contributed by atoms with E-state index >= 15 is 0 Å². The Kier molecular flexibility index (Phi) is 6.15. The first-order valence-corrected chi connectivity index (χ1v) is 11.4. The van der Waals surface area contributed by atoms with Crippen molar-refractivity contribution in [3.05, 3.63) is 71.7 Å². The normalized spacial score (nSPS) is 15.0. The predicted molar refractivity (Wildman–Crippen MR) is 110 cm³/mol. The third-order valence-electron chi connectivity index (χ3n) is 5.08. The summed E-state index contributed by atoms with van der Waals surface area (Å²) in [4.78, 5) is 12.5. The van der Waals surface area contributed by atoms with Gasteiger partial charge in [0.2, 0.25) is 10.0 Å². The number of halogens is 1. The Morgan fingerprint density at radius 1 is 1.03 bits per heavy atom. The number of hydrogen-bond donors (Lipinski definition) is 0. The van der Waals surface area contributed by atoms with E-state index in [4.69, 9.17) is 9.26 Å². The number of hydrogen-bond acceptors (Lipinski definition) is 6. The number of piperidine rings is 1. The summed E-state index contributed by atoms with van der Waals surface area (Å²) in [7, 11) is -3.55. The van der Waals surface area contributed by atoms with Gasteiger partial charge >= 0.3 is 5.97 Å². The van der Waals surface area contributed by atoms with E-state index in [9.17, 15) is 17.6 Å². The van der Waals surface area contributed by atoms with Crippen molar-refractivity contribution in [3.8, 4) is 11.3 Å². The van der Waals surface area contributed by atoms with E-state index in [0.717, 1.165) is 19.3 Å². The highest BCUT2D eigenvalue weighted by molar-refractivity contribution is 7.89. The summed E-state index contributed by atoms with van der Waals surface area (Å²) >= 11 is 0. The Bertz CT molecular complexity index is 1150. The summed E-state index contributed by atoms with van der Waals surface area (Å²) in [5.74, 6) is -0.529. The Morgan fingerprint density at radius 3 is 2.39 bits per heavy atom. The molecule has 0 spiro atoms. The highest BCUT2D eigenvalue weighted by Gasteiger charge is 2.26. The summed E-state index contributed by atoms with van der Waals surface area (Å²) in [6.45, 7) is 0.921. The highest BCUT2D eigenvalue weighted by atomic mass is 32.2. The molecule has 9 heteroatoms. The van der Waals surface area contributed by atoms with Crippen LogP contribution in [0.4, 0.5) is 4.39 Å². The van der Waals surface area contributed by atoms with Gasteiger partial charge < -0.3 is 9.26 Å².